The molecule has 0 radical (unpaired) electrons. The molecule has 0 aliphatic heterocycles. The van der Waals surface area contributed by atoms with E-state index in [2.05, 4.69) is 215 Å². The molecule has 0 aliphatic carbocycles. The number of hydrogen-bond acceptors (Lipinski definition) is 14. The van der Waals surface area contributed by atoms with Crippen molar-refractivity contribution in [1.82, 2.24) is 0 Å². The van der Waals surface area contributed by atoms with Crippen molar-refractivity contribution in [2.45, 2.75) is 411 Å². The second kappa shape index (κ2) is 95.5. The molecule has 0 aromatic carbocycles. The summed E-state index contributed by atoms with van der Waals surface area (Å²) in [6.45, 7) is 2.34. The maximum absolute atomic E-state index is 13.1. The Labute approximate surface area is 750 Å². The van der Waals surface area contributed by atoms with Gasteiger partial charge < -0.3 is 34.2 Å². The minimum atomic E-state index is -4.95. The average molecular weight is 1760 g/mol. The van der Waals surface area contributed by atoms with E-state index in [-0.39, 0.29) is 19.3 Å². The van der Waals surface area contributed by atoms with Crippen LogP contribution in [0.15, 0.2) is 194 Å². The van der Waals surface area contributed by atoms with Crippen LogP contribution in [0.2, 0.25) is 0 Å². The first-order valence-electron chi connectivity index (χ1n) is 48.7. The van der Waals surface area contributed by atoms with Gasteiger partial charge in [-0.2, -0.15) is 0 Å². The van der Waals surface area contributed by atoms with E-state index in [1.807, 2.05) is 0 Å². The summed E-state index contributed by atoms with van der Waals surface area (Å²) in [7, 11) is -9.83. The molecule has 0 aliphatic rings. The third kappa shape index (κ3) is 96.9. The largest absolute Gasteiger partial charge is 0.472 e. The van der Waals surface area contributed by atoms with Gasteiger partial charge in [0, 0.05) is 19.3 Å². The molecule has 0 aromatic heterocycles. The van der Waals surface area contributed by atoms with Crippen LogP contribution in [0.25, 0.3) is 0 Å². The lowest BCUT2D eigenvalue weighted by Gasteiger charge is -2.21. The molecule has 4 N–H and O–H groups in total. The van der Waals surface area contributed by atoms with Crippen molar-refractivity contribution < 1.29 is 75.8 Å². The Kier molecular flexibility index (Phi) is 91.1. The molecule has 0 saturated heterocycles. The average Bonchev–Trinajstić information content (AvgIpc) is 0.899. The zero-order chi connectivity index (χ0) is 89.3. The number of hydrogen-bond donors (Lipinski definition) is 4. The molecular formula is C105H176O16P2. The summed E-state index contributed by atoms with van der Waals surface area (Å²) in [5.74, 6) is -1.61. The van der Waals surface area contributed by atoms with Crippen molar-refractivity contribution in [1.29, 1.82) is 0 Å². The summed E-state index contributed by atoms with van der Waals surface area (Å²) in [5, 5.41) is 20.8. The normalized spacial score (nSPS) is 14.6. The second-order valence-electron chi connectivity index (χ2n) is 32.1. The Bertz CT molecular complexity index is 3020. The van der Waals surface area contributed by atoms with Crippen molar-refractivity contribution in [3.05, 3.63) is 194 Å². The van der Waals surface area contributed by atoms with Gasteiger partial charge in [-0.25, -0.2) is 9.13 Å². The van der Waals surface area contributed by atoms with Crippen molar-refractivity contribution in [3.8, 4) is 0 Å². The number of aliphatic hydroxyl groups is 2. The number of rotatable bonds is 91. The van der Waals surface area contributed by atoms with Crippen LogP contribution >= 0.6 is 15.6 Å². The van der Waals surface area contributed by atoms with E-state index < -0.39 is 91.5 Å². The fraction of sp³-hybridized carbons (Fsp3) is 0.667. The van der Waals surface area contributed by atoms with Crippen molar-refractivity contribution in [2.24, 2.45) is 0 Å². The number of unbranched alkanes of at least 4 members (excludes halogenated alkanes) is 36. The topological polar surface area (TPSA) is 231 Å². The molecule has 0 heterocycles. The van der Waals surface area contributed by atoms with E-state index in [1.54, 1.807) is 0 Å². The molecule has 5 unspecified atom stereocenters. The molecule has 16 nitrogen and oxygen atoms in total. The van der Waals surface area contributed by atoms with Crippen LogP contribution in [0.3, 0.4) is 0 Å². The van der Waals surface area contributed by atoms with Crippen LogP contribution in [-0.4, -0.2) is 95.9 Å². The van der Waals surface area contributed by atoms with Gasteiger partial charge in [0.2, 0.25) is 0 Å². The molecular weight excluding hydrogens is 1580 g/mol. The molecule has 0 rings (SSSR count). The van der Waals surface area contributed by atoms with Gasteiger partial charge >= 0.3 is 33.6 Å². The van der Waals surface area contributed by atoms with Crippen molar-refractivity contribution in [2.75, 3.05) is 39.6 Å². The van der Waals surface area contributed by atoms with E-state index in [4.69, 9.17) is 32.3 Å². The van der Waals surface area contributed by atoms with Crippen molar-refractivity contribution in [3.63, 3.8) is 0 Å². The zero-order valence-electron chi connectivity index (χ0n) is 77.5. The maximum atomic E-state index is 13.1. The Balaban J connectivity index is 4.52. The lowest BCUT2D eigenvalue weighted by atomic mass is 10.0. The molecule has 0 bridgehead atoms. The van der Waals surface area contributed by atoms with Gasteiger partial charge in [0.05, 0.1) is 26.4 Å². The number of allylic oxidation sites excluding steroid dienone is 32. The lowest BCUT2D eigenvalue weighted by Crippen LogP contribution is -2.30. The predicted molar refractivity (Wildman–Crippen MR) is 518 cm³/mol. The van der Waals surface area contributed by atoms with E-state index in [9.17, 15) is 43.5 Å². The highest BCUT2D eigenvalue weighted by Crippen LogP contribution is 2.45. The van der Waals surface area contributed by atoms with Crippen molar-refractivity contribution >= 4 is 33.6 Å². The van der Waals surface area contributed by atoms with Gasteiger partial charge in [-0.3, -0.25) is 32.5 Å². The number of phosphoric ester groups is 2. The van der Waals surface area contributed by atoms with E-state index in [0.717, 1.165) is 161 Å². The number of ether oxygens (including phenoxy) is 3. The number of phosphoric acid groups is 2. The van der Waals surface area contributed by atoms with Crippen LogP contribution in [0, 0.1) is 0 Å². The van der Waals surface area contributed by atoms with Crippen LogP contribution in [0.5, 0.6) is 0 Å². The second-order valence-corrected chi connectivity index (χ2v) is 35.0. The Morgan fingerprint density at radius 3 is 0.650 bits per heavy atom. The van der Waals surface area contributed by atoms with Gasteiger partial charge in [0.15, 0.2) is 6.10 Å². The molecule has 0 amide bonds. The Morgan fingerprint density at radius 1 is 0.228 bits per heavy atom. The first kappa shape index (κ1) is 117. The molecule has 0 spiro atoms. The van der Waals surface area contributed by atoms with Gasteiger partial charge in [0.25, 0.3) is 0 Å². The Morgan fingerprint density at radius 2 is 0.407 bits per heavy atom. The minimum absolute atomic E-state index is 0.0618. The maximum Gasteiger partial charge on any atom is 0.472 e. The summed E-state index contributed by atoms with van der Waals surface area (Å²) in [5.41, 5.74) is 0. The van der Waals surface area contributed by atoms with Crippen LogP contribution in [-0.2, 0) is 55.8 Å². The van der Waals surface area contributed by atoms with E-state index >= 15 is 0 Å². The predicted octanol–water partition coefficient (Wildman–Crippen LogP) is 30.6. The summed E-state index contributed by atoms with van der Waals surface area (Å²) in [6, 6.07) is 0. The van der Waals surface area contributed by atoms with Crippen LogP contribution < -0.4 is 0 Å². The molecule has 0 aromatic rings. The monoisotopic (exact) mass is 1760 g/mol. The van der Waals surface area contributed by atoms with E-state index in [0.29, 0.717) is 19.3 Å². The van der Waals surface area contributed by atoms with Gasteiger partial charge in [0.1, 0.15) is 25.4 Å². The molecule has 0 fully saturated rings. The molecule has 702 valence electrons. The quantitative estimate of drug-likeness (QED) is 0.0146. The first-order valence-corrected chi connectivity index (χ1v) is 51.7. The zero-order valence-corrected chi connectivity index (χ0v) is 79.3. The smallest absolute Gasteiger partial charge is 0.463 e. The summed E-state index contributed by atoms with van der Waals surface area (Å²) < 4.78 is 61.5. The van der Waals surface area contributed by atoms with Gasteiger partial charge in [-0.15, -0.1) is 0 Å². The summed E-state index contributed by atoms with van der Waals surface area (Å²) >= 11 is 0. The molecule has 123 heavy (non-hydrogen) atoms. The third-order valence-electron chi connectivity index (χ3n) is 20.3. The highest BCUT2D eigenvalue weighted by molar-refractivity contribution is 7.47. The summed E-state index contributed by atoms with van der Waals surface area (Å²) in [6.07, 6.45) is 128. The fourth-order valence-electron chi connectivity index (χ4n) is 13.0. The van der Waals surface area contributed by atoms with Gasteiger partial charge in [-0.05, 0) is 161 Å². The lowest BCUT2D eigenvalue weighted by molar-refractivity contribution is -0.161. The fourth-order valence-corrected chi connectivity index (χ4v) is 14.6. The van der Waals surface area contributed by atoms with Gasteiger partial charge in [-0.1, -0.05) is 408 Å². The Hall–Kier alpha value is -5.61. The molecule has 0 saturated carbocycles. The minimum Gasteiger partial charge on any atom is -0.463 e. The number of carbonyl (C=O) groups excluding carboxylic acids is 3. The molecule has 18 heteroatoms. The van der Waals surface area contributed by atoms with Crippen LogP contribution in [0.4, 0.5) is 0 Å². The van der Waals surface area contributed by atoms with E-state index in [1.165, 1.54) is 173 Å². The highest BCUT2D eigenvalue weighted by atomic mass is 31.2. The highest BCUT2D eigenvalue weighted by Gasteiger charge is 2.30. The summed E-state index contributed by atoms with van der Waals surface area (Å²) in [4.78, 5) is 59.0. The van der Waals surface area contributed by atoms with Crippen LogP contribution in [0.1, 0.15) is 393 Å². The number of esters is 3. The number of carbonyl (C=O) groups is 3. The molecule has 5 atom stereocenters. The standard InChI is InChI=1S/C105H176O16P2/c1-4-7-10-13-16-19-22-25-28-31-34-36-38-40-42-44-46-48-49-51-53-54-56-58-60-62-65-67-70-73-76-79-82-85-88-91-103(108)115-94-100(106)95-117-122(111,112)118-96-101(107)97-119-123(113,114)120-99-102(121-105(110)93-90-87-84-81-78-75-72-69-64-33-30-27-24-21-18-15-12-9-6-3)98-116-104(109)92-89-86-83-80-77-74-71-68-66-63-61-59-57-55-52-50-47-45-43-41-39-37-35-32-29-26-23-20-17-14-11-8-5-2/h7-12,16-21,25-30,34-37,40-43,46,48,64,69,75,78,100-102,106-107H,4-6,13-15,22-24,31-33,38-39,44-45,47,49-63,65-68,70-74,76-77,79-99H2,1-3H3,(H,111,112)(H,113,114)/b10-7-,11-8-,12-9-,19-16-,20-17-,21-18-,28-25-,29-26-,30-27-,36-34-,37-35-,42-40-,43-41-,48-46-,69-64-,78-75-. The number of aliphatic hydroxyl groups excluding tert-OH is 2. The third-order valence-corrected chi connectivity index (χ3v) is 22.2. The first-order chi connectivity index (χ1) is 60.2. The SMILES string of the molecule is CC/C=C\C/C=C\C/C=C\C/C=C\C/C=C\C/C=C\CCCCCCCCCCCCCCCCCCC(=O)OCC(O)COP(=O)(O)OCC(O)COP(=O)(O)OCC(COC(=O)CCCCCCCCCCCCCCCCCCC/C=C\C/C=C\C/C=C\C/C=C\C/C=C\CC)OC(=O)CCCCC/C=C\C/C=C\C/C=C\C/C=C\C/C=C\CC.